The summed E-state index contributed by atoms with van der Waals surface area (Å²) in [5, 5.41) is 10.3. The van der Waals surface area contributed by atoms with Crippen LogP contribution in [0.2, 0.25) is 0 Å². The molecule has 0 bridgehead atoms. The van der Waals surface area contributed by atoms with Gasteiger partial charge in [0.25, 0.3) is 0 Å². The lowest BCUT2D eigenvalue weighted by Gasteiger charge is -2.70. The third-order valence-corrected chi connectivity index (χ3v) is 10.1. The average Bonchev–Trinajstić information content (AvgIpc) is 2.67. The number of hydrogen-bond donors (Lipinski definition) is 1. The quantitative estimate of drug-likeness (QED) is 0.673. The third kappa shape index (κ3) is 2.52. The molecule has 4 atom stereocenters. The monoisotopic (exact) mass is 400 g/mol. The summed E-state index contributed by atoms with van der Waals surface area (Å²) in [7, 11) is 3.44. The number of methoxy groups -OCH3 is 2. The van der Waals surface area contributed by atoms with Crippen molar-refractivity contribution in [3.63, 3.8) is 0 Å². The molecular weight excluding hydrogens is 360 g/mol. The summed E-state index contributed by atoms with van der Waals surface area (Å²) in [6.45, 7) is 12.7. The molecule has 1 unspecified atom stereocenters. The molecule has 1 aromatic carbocycles. The van der Waals surface area contributed by atoms with Gasteiger partial charge in [0.05, 0.1) is 20.8 Å². The van der Waals surface area contributed by atoms with E-state index in [2.05, 4.69) is 34.6 Å². The Hall–Kier alpha value is -1.22. The van der Waals surface area contributed by atoms with Crippen molar-refractivity contribution in [1.29, 1.82) is 0 Å². The molecule has 4 rings (SSSR count). The molecule has 0 saturated heterocycles. The zero-order chi connectivity index (χ0) is 21.2. The first-order chi connectivity index (χ1) is 13.6. The molecule has 3 heteroatoms. The molecule has 2 saturated carbocycles. The van der Waals surface area contributed by atoms with Crippen molar-refractivity contribution in [2.75, 3.05) is 14.2 Å². The van der Waals surface area contributed by atoms with Gasteiger partial charge in [-0.15, -0.1) is 0 Å². The van der Waals surface area contributed by atoms with Gasteiger partial charge < -0.3 is 14.6 Å². The maximum Gasteiger partial charge on any atom is 0.164 e. The van der Waals surface area contributed by atoms with Gasteiger partial charge in [0, 0.05) is 5.56 Å². The van der Waals surface area contributed by atoms with Crippen molar-refractivity contribution in [2.24, 2.45) is 22.2 Å². The molecule has 0 aliphatic heterocycles. The molecule has 0 heterocycles. The lowest BCUT2D eigenvalue weighted by atomic mass is 9.34. The van der Waals surface area contributed by atoms with E-state index in [0.29, 0.717) is 10.8 Å². The molecule has 0 amide bonds. The van der Waals surface area contributed by atoms with Crippen LogP contribution >= 0.6 is 0 Å². The first-order valence-corrected chi connectivity index (χ1v) is 11.5. The SMILES string of the molecule is COc1cc(CO)c2c(c1OC)CC[C@@]1(C)[C@@]2(C)CCC2C(C)(C)CCC[C@@]21C. The van der Waals surface area contributed by atoms with Crippen molar-refractivity contribution >= 4 is 0 Å². The molecule has 0 radical (unpaired) electrons. The van der Waals surface area contributed by atoms with Crippen LogP contribution in [0.1, 0.15) is 89.8 Å². The van der Waals surface area contributed by atoms with Crippen LogP contribution in [0, 0.1) is 22.2 Å². The molecule has 0 spiro atoms. The Balaban J connectivity index is 1.95. The zero-order valence-corrected chi connectivity index (χ0v) is 19.6. The molecule has 29 heavy (non-hydrogen) atoms. The largest absolute Gasteiger partial charge is 0.493 e. The summed E-state index contributed by atoms with van der Waals surface area (Å²) in [5.41, 5.74) is 4.63. The minimum Gasteiger partial charge on any atom is -0.493 e. The number of aliphatic hydroxyl groups excluding tert-OH is 1. The van der Waals surface area contributed by atoms with E-state index in [1.54, 1.807) is 14.2 Å². The second kappa shape index (κ2) is 6.64. The first-order valence-electron chi connectivity index (χ1n) is 11.5. The summed E-state index contributed by atoms with van der Waals surface area (Å²) in [6, 6.07) is 2.02. The fraction of sp³-hybridized carbons (Fsp3) is 0.769. The van der Waals surface area contributed by atoms with Crippen molar-refractivity contribution in [3.8, 4) is 11.5 Å². The molecule has 0 aromatic heterocycles. The van der Waals surface area contributed by atoms with Crippen LogP contribution in [0.15, 0.2) is 6.07 Å². The Labute approximate surface area is 177 Å². The van der Waals surface area contributed by atoms with Crippen LogP contribution < -0.4 is 9.47 Å². The van der Waals surface area contributed by atoms with E-state index in [1.807, 2.05) is 6.07 Å². The molecule has 3 aliphatic rings. The number of hydrogen-bond acceptors (Lipinski definition) is 3. The predicted octanol–water partition coefficient (Wildman–Crippen LogP) is 6.03. The highest BCUT2D eigenvalue weighted by Crippen LogP contribution is 2.73. The molecule has 2 fully saturated rings. The van der Waals surface area contributed by atoms with Gasteiger partial charge in [-0.1, -0.05) is 41.0 Å². The van der Waals surface area contributed by atoms with E-state index in [1.165, 1.54) is 49.7 Å². The Bertz CT molecular complexity index is 813. The van der Waals surface area contributed by atoms with Crippen LogP contribution in [-0.4, -0.2) is 19.3 Å². The minimum atomic E-state index is 0.0386. The maximum absolute atomic E-state index is 10.3. The lowest BCUT2D eigenvalue weighted by Crippen LogP contribution is -2.64. The van der Waals surface area contributed by atoms with Crippen LogP contribution in [0.4, 0.5) is 0 Å². The predicted molar refractivity (Wildman–Crippen MR) is 118 cm³/mol. The van der Waals surface area contributed by atoms with E-state index in [4.69, 9.17) is 9.47 Å². The summed E-state index contributed by atoms with van der Waals surface area (Å²) in [5.74, 6) is 2.39. The van der Waals surface area contributed by atoms with Crippen molar-refractivity contribution in [1.82, 2.24) is 0 Å². The van der Waals surface area contributed by atoms with E-state index in [-0.39, 0.29) is 17.4 Å². The number of aliphatic hydroxyl groups is 1. The molecule has 162 valence electrons. The Morgan fingerprint density at radius 1 is 1.00 bits per heavy atom. The lowest BCUT2D eigenvalue weighted by molar-refractivity contribution is -0.168. The Morgan fingerprint density at radius 2 is 1.72 bits per heavy atom. The van der Waals surface area contributed by atoms with Crippen molar-refractivity contribution < 1.29 is 14.6 Å². The summed E-state index contributed by atoms with van der Waals surface area (Å²) in [6.07, 6.45) is 8.63. The van der Waals surface area contributed by atoms with Crippen LogP contribution in [0.5, 0.6) is 11.5 Å². The standard InChI is InChI=1S/C26H40O3/c1-23(2)11-8-12-24(3)20(23)10-13-25(4)21-17(16-27)15-19(28-6)22(29-7)18(21)9-14-26(24,25)5/h15,20,27H,8-14,16H2,1-7H3/t20?,24-,25-,26+/m0/s1. The van der Waals surface area contributed by atoms with Gasteiger partial charge in [-0.3, -0.25) is 0 Å². The van der Waals surface area contributed by atoms with E-state index in [0.717, 1.165) is 29.4 Å². The van der Waals surface area contributed by atoms with Crippen LogP contribution in [0.25, 0.3) is 0 Å². The molecule has 1 N–H and O–H groups in total. The summed E-state index contributed by atoms with van der Waals surface area (Å²) in [4.78, 5) is 0. The summed E-state index contributed by atoms with van der Waals surface area (Å²) >= 11 is 0. The normalized spacial score (nSPS) is 37.9. The van der Waals surface area contributed by atoms with Gasteiger partial charge in [-0.25, -0.2) is 0 Å². The molecule has 1 aromatic rings. The van der Waals surface area contributed by atoms with Crippen molar-refractivity contribution in [2.45, 2.75) is 91.6 Å². The Kier molecular flexibility index (Phi) is 4.81. The molecular formula is C26H40O3. The molecule has 3 nitrogen and oxygen atoms in total. The third-order valence-electron chi connectivity index (χ3n) is 10.1. The van der Waals surface area contributed by atoms with Gasteiger partial charge >= 0.3 is 0 Å². The number of ether oxygens (including phenoxy) is 2. The maximum atomic E-state index is 10.3. The molecule has 3 aliphatic carbocycles. The van der Waals surface area contributed by atoms with Gasteiger partial charge in [0.2, 0.25) is 0 Å². The van der Waals surface area contributed by atoms with Gasteiger partial charge in [-0.05, 0) is 83.3 Å². The topological polar surface area (TPSA) is 38.7 Å². The Morgan fingerprint density at radius 3 is 2.34 bits per heavy atom. The highest BCUT2D eigenvalue weighted by atomic mass is 16.5. The fourth-order valence-electron chi connectivity index (χ4n) is 8.35. The van der Waals surface area contributed by atoms with Gasteiger partial charge in [0.1, 0.15) is 0 Å². The fourth-order valence-corrected chi connectivity index (χ4v) is 8.35. The number of fused-ring (bicyclic) bond motifs is 5. The first kappa shape index (κ1) is 21.0. The van der Waals surface area contributed by atoms with Gasteiger partial charge in [0.15, 0.2) is 11.5 Å². The van der Waals surface area contributed by atoms with Crippen LogP contribution in [0.3, 0.4) is 0 Å². The van der Waals surface area contributed by atoms with E-state index >= 15 is 0 Å². The smallest absolute Gasteiger partial charge is 0.164 e. The van der Waals surface area contributed by atoms with Gasteiger partial charge in [-0.2, -0.15) is 0 Å². The highest BCUT2D eigenvalue weighted by molar-refractivity contribution is 5.59. The van der Waals surface area contributed by atoms with E-state index < -0.39 is 0 Å². The van der Waals surface area contributed by atoms with Crippen LogP contribution in [-0.2, 0) is 18.4 Å². The second-order valence-corrected chi connectivity index (χ2v) is 11.3. The summed E-state index contributed by atoms with van der Waals surface area (Å²) < 4.78 is 11.5. The second-order valence-electron chi connectivity index (χ2n) is 11.3. The minimum absolute atomic E-state index is 0.0386. The highest BCUT2D eigenvalue weighted by Gasteiger charge is 2.66. The van der Waals surface area contributed by atoms with E-state index in [9.17, 15) is 5.11 Å². The average molecular weight is 401 g/mol. The zero-order valence-electron chi connectivity index (χ0n) is 19.6. The number of benzene rings is 1. The number of rotatable bonds is 3. The van der Waals surface area contributed by atoms with Crippen molar-refractivity contribution in [3.05, 3.63) is 22.8 Å².